The molecule has 0 spiro atoms. The van der Waals surface area contributed by atoms with Crippen molar-refractivity contribution >= 4 is 23.6 Å². The van der Waals surface area contributed by atoms with Crippen LogP contribution in [0, 0.1) is 17.7 Å². The Morgan fingerprint density at radius 2 is 1.53 bits per heavy atom. The minimum Gasteiger partial charge on any atom is -0.304 e. The van der Waals surface area contributed by atoms with Crippen molar-refractivity contribution in [3.63, 3.8) is 0 Å². The van der Waals surface area contributed by atoms with Gasteiger partial charge in [0.1, 0.15) is 17.9 Å². The lowest BCUT2D eigenvalue weighted by atomic mass is 9.86. The van der Waals surface area contributed by atoms with E-state index in [1.54, 1.807) is 6.92 Å². The molecule has 0 bridgehead atoms. The van der Waals surface area contributed by atoms with Crippen LogP contribution >= 0.6 is 0 Å². The van der Waals surface area contributed by atoms with Crippen LogP contribution in [0.15, 0.2) is 12.1 Å². The average molecular weight is 451 g/mol. The normalized spacial score (nSPS) is 11.1. The van der Waals surface area contributed by atoms with Gasteiger partial charge < -0.3 is 4.79 Å². The number of ketones is 3. The fourth-order valence-electron chi connectivity index (χ4n) is 2.97. The summed E-state index contributed by atoms with van der Waals surface area (Å²) in [6.07, 6.45) is 5.03. The second-order valence-electron chi connectivity index (χ2n) is 8.76. The van der Waals surface area contributed by atoms with Gasteiger partial charge in [0.2, 0.25) is 0 Å². The van der Waals surface area contributed by atoms with E-state index in [2.05, 4.69) is 13.8 Å². The third-order valence-corrected chi connectivity index (χ3v) is 4.96. The largest absolute Gasteiger partial charge is 0.304 e. The lowest BCUT2D eigenvalue weighted by Gasteiger charge is -2.17. The molecular formula is C27H43FO4. The zero-order valence-electron chi connectivity index (χ0n) is 21.5. The molecule has 0 aromatic heterocycles. The summed E-state index contributed by atoms with van der Waals surface area (Å²) in [5, 5.41) is 0. The lowest BCUT2D eigenvalue weighted by Crippen LogP contribution is -2.17. The predicted octanol–water partition coefficient (Wildman–Crippen LogP) is 7.38. The highest BCUT2D eigenvalue weighted by Gasteiger charge is 2.24. The summed E-state index contributed by atoms with van der Waals surface area (Å²) in [5.74, 6) is 0.0832. The number of carbonyl (C=O) groups excluding carboxylic acids is 4. The topological polar surface area (TPSA) is 68.3 Å². The molecule has 32 heavy (non-hydrogen) atoms. The summed E-state index contributed by atoms with van der Waals surface area (Å²) in [6, 6.07) is 2.55. The van der Waals surface area contributed by atoms with Crippen molar-refractivity contribution in [1.29, 1.82) is 0 Å². The zero-order valence-corrected chi connectivity index (χ0v) is 21.5. The van der Waals surface area contributed by atoms with Gasteiger partial charge in [-0.1, -0.05) is 48.5 Å². The molecule has 1 aromatic carbocycles. The van der Waals surface area contributed by atoms with Gasteiger partial charge in [0, 0.05) is 29.9 Å². The van der Waals surface area contributed by atoms with Crippen molar-refractivity contribution < 1.29 is 23.6 Å². The highest BCUT2D eigenvalue weighted by molar-refractivity contribution is 6.09. The monoisotopic (exact) mass is 450 g/mol. The Kier molecular flexibility index (Phi) is 17.4. The predicted molar refractivity (Wildman–Crippen MR) is 130 cm³/mol. The van der Waals surface area contributed by atoms with Crippen molar-refractivity contribution in [3.05, 3.63) is 34.6 Å². The van der Waals surface area contributed by atoms with Crippen molar-refractivity contribution in [2.45, 2.75) is 100 Å². The molecule has 0 saturated heterocycles. The van der Waals surface area contributed by atoms with Crippen LogP contribution in [0.1, 0.15) is 127 Å². The summed E-state index contributed by atoms with van der Waals surface area (Å²) >= 11 is 0. The smallest absolute Gasteiger partial charge is 0.166 e. The van der Waals surface area contributed by atoms with Crippen LogP contribution in [0.5, 0.6) is 0 Å². The molecular weight excluding hydrogens is 407 g/mol. The Morgan fingerprint density at radius 1 is 1.00 bits per heavy atom. The maximum absolute atomic E-state index is 13.7. The Bertz CT molecular complexity index is 735. The number of halogens is 1. The molecule has 1 atom stereocenters. The Labute approximate surface area is 194 Å². The minimum absolute atomic E-state index is 0.00178. The van der Waals surface area contributed by atoms with Crippen LogP contribution in [0.25, 0.3) is 0 Å². The molecule has 1 aromatic rings. The van der Waals surface area contributed by atoms with Crippen LogP contribution in [0.4, 0.5) is 4.39 Å². The van der Waals surface area contributed by atoms with E-state index < -0.39 is 5.82 Å². The molecule has 5 heteroatoms. The number of aldehydes is 1. The summed E-state index contributed by atoms with van der Waals surface area (Å²) in [6.45, 7) is 16.7. The molecule has 0 amide bonds. The third-order valence-electron chi connectivity index (χ3n) is 4.96. The maximum atomic E-state index is 13.7. The molecule has 4 nitrogen and oxygen atoms in total. The van der Waals surface area contributed by atoms with Crippen molar-refractivity contribution in [2.75, 3.05) is 0 Å². The van der Waals surface area contributed by atoms with E-state index >= 15 is 0 Å². The van der Waals surface area contributed by atoms with Gasteiger partial charge in [-0.15, -0.1) is 0 Å². The summed E-state index contributed by atoms with van der Waals surface area (Å²) in [5.41, 5.74) is 1.21. The summed E-state index contributed by atoms with van der Waals surface area (Å²) < 4.78 is 13.7. The van der Waals surface area contributed by atoms with Crippen molar-refractivity contribution in [3.8, 4) is 0 Å². The van der Waals surface area contributed by atoms with Crippen molar-refractivity contribution in [2.24, 2.45) is 11.8 Å². The second-order valence-corrected chi connectivity index (χ2v) is 8.76. The third kappa shape index (κ3) is 12.6. The van der Waals surface area contributed by atoms with Crippen LogP contribution < -0.4 is 0 Å². The number of benzene rings is 1. The summed E-state index contributed by atoms with van der Waals surface area (Å²) in [4.78, 5) is 43.9. The SMILES string of the molecule is CC=O.CCC(C)C(=O)c1cc(F)cc(C(C)C)c1C(C)=O.CCCC(=O)CCC(C)C. The molecule has 0 heterocycles. The molecule has 0 aliphatic rings. The first-order valence-electron chi connectivity index (χ1n) is 11.7. The van der Waals surface area contributed by atoms with E-state index in [9.17, 15) is 18.8 Å². The van der Waals surface area contributed by atoms with E-state index in [4.69, 9.17) is 4.79 Å². The molecule has 0 fully saturated rings. The number of hydrogen-bond acceptors (Lipinski definition) is 4. The van der Waals surface area contributed by atoms with Gasteiger partial charge in [0.25, 0.3) is 0 Å². The molecule has 0 N–H and O–H groups in total. The Morgan fingerprint density at radius 3 is 1.91 bits per heavy atom. The molecule has 1 rings (SSSR count). The fraction of sp³-hybridized carbons (Fsp3) is 0.630. The van der Waals surface area contributed by atoms with Gasteiger partial charge >= 0.3 is 0 Å². The van der Waals surface area contributed by atoms with Gasteiger partial charge in [-0.3, -0.25) is 14.4 Å². The van der Waals surface area contributed by atoms with Gasteiger partial charge in [-0.2, -0.15) is 0 Å². The number of rotatable bonds is 10. The molecule has 0 saturated carbocycles. The molecule has 0 aliphatic carbocycles. The minimum atomic E-state index is -0.458. The first-order valence-corrected chi connectivity index (χ1v) is 11.7. The van der Waals surface area contributed by atoms with Gasteiger partial charge in [0.15, 0.2) is 11.6 Å². The van der Waals surface area contributed by atoms with E-state index in [1.807, 2.05) is 27.7 Å². The molecule has 182 valence electrons. The first-order chi connectivity index (χ1) is 14.9. The van der Waals surface area contributed by atoms with Crippen LogP contribution in [-0.2, 0) is 9.59 Å². The summed E-state index contributed by atoms with van der Waals surface area (Å²) in [7, 11) is 0. The Balaban J connectivity index is 0. The number of hydrogen-bond donors (Lipinski definition) is 0. The Hall–Kier alpha value is -2.17. The zero-order chi connectivity index (χ0) is 25.4. The average Bonchev–Trinajstić information content (AvgIpc) is 2.71. The quantitative estimate of drug-likeness (QED) is 0.275. The molecule has 0 aliphatic heterocycles. The highest BCUT2D eigenvalue weighted by atomic mass is 19.1. The first kappa shape index (κ1) is 32.0. The number of Topliss-reactive ketones (excluding diaryl/α,β-unsaturated/α-hetero) is 3. The van der Waals surface area contributed by atoms with Crippen LogP contribution in [0.3, 0.4) is 0 Å². The molecule has 1 unspecified atom stereocenters. The standard InChI is InChI=1S/C16H21FO2.C9H18O.C2H4O/c1-6-10(4)16(19)14-8-12(17)7-13(9(2)3)15(14)11(5)18;1-4-5-9(10)7-6-8(2)3;1-2-3/h7-10H,6H2,1-5H3;8H,4-7H2,1-3H3;2H,1H3. The lowest BCUT2D eigenvalue weighted by molar-refractivity contribution is -0.119. The van der Waals surface area contributed by atoms with E-state index in [1.165, 1.54) is 26.0 Å². The van der Waals surface area contributed by atoms with E-state index in [0.717, 1.165) is 32.0 Å². The number of carbonyl (C=O) groups is 4. The van der Waals surface area contributed by atoms with Crippen LogP contribution in [0.2, 0.25) is 0 Å². The van der Waals surface area contributed by atoms with Gasteiger partial charge in [-0.05, 0) is 62.6 Å². The fourth-order valence-corrected chi connectivity index (χ4v) is 2.97. The van der Waals surface area contributed by atoms with Gasteiger partial charge in [-0.25, -0.2) is 4.39 Å². The molecule has 0 radical (unpaired) electrons. The van der Waals surface area contributed by atoms with Crippen LogP contribution in [-0.4, -0.2) is 23.6 Å². The second kappa shape index (κ2) is 17.4. The van der Waals surface area contributed by atoms with Gasteiger partial charge in [0.05, 0.1) is 0 Å². The van der Waals surface area contributed by atoms with Crippen molar-refractivity contribution in [1.82, 2.24) is 0 Å². The highest BCUT2D eigenvalue weighted by Crippen LogP contribution is 2.27. The van der Waals surface area contributed by atoms with E-state index in [0.29, 0.717) is 29.2 Å². The van der Waals surface area contributed by atoms with E-state index in [-0.39, 0.29) is 29.0 Å². The maximum Gasteiger partial charge on any atom is 0.166 e.